The quantitative estimate of drug-likeness (QED) is 0.693. The molecule has 0 bridgehead atoms. The van der Waals surface area contributed by atoms with Crippen molar-refractivity contribution in [2.75, 3.05) is 6.54 Å². The van der Waals surface area contributed by atoms with E-state index in [0.29, 0.717) is 16.5 Å². The normalized spacial score (nSPS) is 22.0. The number of hydrogen-bond acceptors (Lipinski definition) is 3. The molecule has 2 unspecified atom stereocenters. The number of imide groups is 1. The van der Waals surface area contributed by atoms with Crippen molar-refractivity contribution in [1.29, 1.82) is 0 Å². The van der Waals surface area contributed by atoms with E-state index < -0.39 is 17.5 Å². The highest BCUT2D eigenvalue weighted by Crippen LogP contribution is 2.41. The van der Waals surface area contributed by atoms with Crippen molar-refractivity contribution in [3.05, 3.63) is 70.2 Å². The second-order valence-corrected chi connectivity index (χ2v) is 8.68. The van der Waals surface area contributed by atoms with Gasteiger partial charge in [0.2, 0.25) is 5.91 Å². The summed E-state index contributed by atoms with van der Waals surface area (Å²) >= 11 is 5.97. The van der Waals surface area contributed by atoms with Gasteiger partial charge in [0, 0.05) is 5.02 Å². The molecule has 2 aromatic rings. The minimum atomic E-state index is -1.18. The SMILES string of the molecule is Cc1ccc(C2(C)NC(=O)N(CC(=O)NC(c3ccc(Cl)cc3)C3CC3)C2=O)cc1. The fraction of sp³-hybridized carbons (Fsp3) is 0.348. The Morgan fingerprint density at radius 2 is 1.80 bits per heavy atom. The maximum Gasteiger partial charge on any atom is 0.325 e. The lowest BCUT2D eigenvalue weighted by Gasteiger charge is -2.23. The zero-order chi connectivity index (χ0) is 21.5. The molecule has 30 heavy (non-hydrogen) atoms. The maximum atomic E-state index is 13.0. The van der Waals surface area contributed by atoms with Gasteiger partial charge in [-0.2, -0.15) is 0 Å². The Labute approximate surface area is 180 Å². The standard InChI is InChI=1S/C23H24ClN3O3/c1-14-3-9-17(10-4-14)23(2)21(29)27(22(30)26-23)13-19(28)25-20(15-5-6-15)16-7-11-18(24)12-8-16/h3-4,7-12,15,20H,5-6,13H2,1-2H3,(H,25,28)(H,26,30). The number of halogens is 1. The Kier molecular flexibility index (Phi) is 5.28. The number of aryl methyl sites for hydroxylation is 1. The Morgan fingerprint density at radius 1 is 1.17 bits per heavy atom. The fourth-order valence-electron chi connectivity index (χ4n) is 3.86. The summed E-state index contributed by atoms with van der Waals surface area (Å²) in [5.74, 6) is -0.435. The first-order valence-electron chi connectivity index (χ1n) is 10.0. The first kappa shape index (κ1) is 20.4. The number of amides is 4. The van der Waals surface area contributed by atoms with Gasteiger partial charge in [-0.05, 0) is 55.9 Å². The molecule has 4 rings (SSSR count). The Balaban J connectivity index is 1.47. The van der Waals surface area contributed by atoms with Crippen LogP contribution in [0.1, 0.15) is 42.5 Å². The first-order chi connectivity index (χ1) is 14.3. The summed E-state index contributed by atoms with van der Waals surface area (Å²) in [7, 11) is 0. The van der Waals surface area contributed by atoms with E-state index in [1.165, 1.54) is 0 Å². The molecule has 1 saturated heterocycles. The highest BCUT2D eigenvalue weighted by atomic mass is 35.5. The molecule has 2 atom stereocenters. The Bertz CT molecular complexity index is 986. The Hall–Kier alpha value is -2.86. The molecule has 1 heterocycles. The van der Waals surface area contributed by atoms with Gasteiger partial charge in [-0.1, -0.05) is 53.6 Å². The minimum absolute atomic E-state index is 0.154. The van der Waals surface area contributed by atoms with Crippen molar-refractivity contribution >= 4 is 29.4 Å². The van der Waals surface area contributed by atoms with E-state index in [0.717, 1.165) is 28.9 Å². The van der Waals surface area contributed by atoms with Crippen molar-refractivity contribution in [1.82, 2.24) is 15.5 Å². The zero-order valence-electron chi connectivity index (χ0n) is 16.9. The summed E-state index contributed by atoms with van der Waals surface area (Å²) in [6.07, 6.45) is 2.06. The second kappa shape index (κ2) is 7.76. The van der Waals surface area contributed by atoms with E-state index >= 15 is 0 Å². The van der Waals surface area contributed by atoms with E-state index in [9.17, 15) is 14.4 Å². The van der Waals surface area contributed by atoms with Crippen molar-refractivity contribution in [3.63, 3.8) is 0 Å². The van der Waals surface area contributed by atoms with Crippen LogP contribution in [0, 0.1) is 12.8 Å². The van der Waals surface area contributed by atoms with Crippen molar-refractivity contribution < 1.29 is 14.4 Å². The van der Waals surface area contributed by atoms with Gasteiger partial charge in [-0.25, -0.2) is 4.79 Å². The number of urea groups is 1. The average molecular weight is 426 g/mol. The van der Waals surface area contributed by atoms with Gasteiger partial charge < -0.3 is 10.6 Å². The van der Waals surface area contributed by atoms with Crippen LogP contribution in [-0.2, 0) is 15.1 Å². The summed E-state index contributed by atoms with van der Waals surface area (Å²) in [4.78, 5) is 39.3. The van der Waals surface area contributed by atoms with Crippen LogP contribution in [0.5, 0.6) is 0 Å². The lowest BCUT2D eigenvalue weighted by atomic mass is 9.91. The summed E-state index contributed by atoms with van der Waals surface area (Å²) in [5.41, 5.74) is 1.53. The summed E-state index contributed by atoms with van der Waals surface area (Å²) in [5, 5.41) is 6.38. The number of carbonyl (C=O) groups is 3. The average Bonchev–Trinajstić information content (AvgIpc) is 3.53. The molecule has 7 heteroatoms. The molecule has 0 radical (unpaired) electrons. The predicted octanol–water partition coefficient (Wildman–Crippen LogP) is 3.68. The van der Waals surface area contributed by atoms with Crippen LogP contribution in [0.15, 0.2) is 48.5 Å². The van der Waals surface area contributed by atoms with E-state index in [2.05, 4.69) is 10.6 Å². The third kappa shape index (κ3) is 3.92. The van der Waals surface area contributed by atoms with Gasteiger partial charge >= 0.3 is 6.03 Å². The van der Waals surface area contributed by atoms with Gasteiger partial charge in [0.15, 0.2) is 0 Å². The summed E-state index contributed by atoms with van der Waals surface area (Å²) < 4.78 is 0. The van der Waals surface area contributed by atoms with Gasteiger partial charge in [-0.3, -0.25) is 14.5 Å². The van der Waals surface area contributed by atoms with E-state index in [1.54, 1.807) is 19.1 Å². The number of rotatable bonds is 6. The molecule has 1 aliphatic heterocycles. The highest BCUT2D eigenvalue weighted by molar-refractivity contribution is 6.30. The molecule has 1 aliphatic carbocycles. The molecule has 156 valence electrons. The second-order valence-electron chi connectivity index (χ2n) is 8.25. The van der Waals surface area contributed by atoms with Crippen LogP contribution in [0.4, 0.5) is 4.79 Å². The molecular weight excluding hydrogens is 402 g/mol. The fourth-order valence-corrected chi connectivity index (χ4v) is 3.98. The smallest absolute Gasteiger partial charge is 0.325 e. The van der Waals surface area contributed by atoms with E-state index in [1.807, 2.05) is 43.3 Å². The van der Waals surface area contributed by atoms with Gasteiger partial charge in [0.25, 0.3) is 5.91 Å². The van der Waals surface area contributed by atoms with E-state index in [4.69, 9.17) is 11.6 Å². The van der Waals surface area contributed by atoms with Gasteiger partial charge in [0.05, 0.1) is 6.04 Å². The van der Waals surface area contributed by atoms with Crippen LogP contribution in [0.3, 0.4) is 0 Å². The molecule has 2 aromatic carbocycles. The van der Waals surface area contributed by atoms with Crippen LogP contribution in [-0.4, -0.2) is 29.3 Å². The topological polar surface area (TPSA) is 78.5 Å². The third-order valence-corrected chi connectivity index (χ3v) is 6.10. The highest BCUT2D eigenvalue weighted by Gasteiger charge is 2.49. The van der Waals surface area contributed by atoms with Crippen molar-refractivity contribution in [3.8, 4) is 0 Å². The lowest BCUT2D eigenvalue weighted by molar-refractivity contribution is -0.135. The monoisotopic (exact) mass is 425 g/mol. The molecular formula is C23H24ClN3O3. The zero-order valence-corrected chi connectivity index (χ0v) is 17.7. The molecule has 0 spiro atoms. The maximum absolute atomic E-state index is 13.0. The largest absolute Gasteiger partial charge is 0.347 e. The molecule has 0 aromatic heterocycles. The number of benzene rings is 2. The molecule has 1 saturated carbocycles. The molecule has 2 aliphatic rings. The minimum Gasteiger partial charge on any atom is -0.347 e. The van der Waals surface area contributed by atoms with Crippen LogP contribution >= 0.6 is 11.6 Å². The summed E-state index contributed by atoms with van der Waals surface area (Å²) in [6, 6.07) is 14.1. The van der Waals surface area contributed by atoms with Crippen LogP contribution < -0.4 is 10.6 Å². The number of nitrogens with zero attached hydrogens (tertiary/aromatic N) is 1. The molecule has 4 amide bonds. The van der Waals surface area contributed by atoms with Gasteiger partial charge in [-0.15, -0.1) is 0 Å². The number of carbonyl (C=O) groups excluding carboxylic acids is 3. The molecule has 2 N–H and O–H groups in total. The van der Waals surface area contributed by atoms with Crippen LogP contribution in [0.25, 0.3) is 0 Å². The first-order valence-corrected chi connectivity index (χ1v) is 10.4. The third-order valence-electron chi connectivity index (χ3n) is 5.84. The lowest BCUT2D eigenvalue weighted by Crippen LogP contribution is -2.44. The molecule has 2 fully saturated rings. The number of hydrogen-bond donors (Lipinski definition) is 2. The molecule has 6 nitrogen and oxygen atoms in total. The number of nitrogens with one attached hydrogen (secondary N) is 2. The van der Waals surface area contributed by atoms with E-state index in [-0.39, 0.29) is 18.5 Å². The summed E-state index contributed by atoms with van der Waals surface area (Å²) in [6.45, 7) is 3.30. The van der Waals surface area contributed by atoms with Gasteiger partial charge in [0.1, 0.15) is 12.1 Å². The van der Waals surface area contributed by atoms with Crippen LogP contribution in [0.2, 0.25) is 5.02 Å². The van der Waals surface area contributed by atoms with Crippen molar-refractivity contribution in [2.24, 2.45) is 5.92 Å². The van der Waals surface area contributed by atoms with Crippen molar-refractivity contribution in [2.45, 2.75) is 38.3 Å². The Morgan fingerprint density at radius 3 is 2.40 bits per heavy atom. The predicted molar refractivity (Wildman–Crippen MR) is 114 cm³/mol.